The Morgan fingerprint density at radius 2 is 1.78 bits per heavy atom. The quantitative estimate of drug-likeness (QED) is 0.194. The number of carbonyl (C=O) groups is 1. The fourth-order valence-electron chi connectivity index (χ4n) is 4.91. The van der Waals surface area contributed by atoms with Crippen LogP contribution in [0.5, 0.6) is 11.5 Å². The zero-order chi connectivity index (χ0) is 29.2. The van der Waals surface area contributed by atoms with E-state index in [2.05, 4.69) is 10.6 Å². The molecule has 0 saturated carbocycles. The lowest BCUT2D eigenvalue weighted by Gasteiger charge is -2.47. The van der Waals surface area contributed by atoms with E-state index >= 15 is 0 Å². The topological polar surface area (TPSA) is 124 Å². The summed E-state index contributed by atoms with van der Waals surface area (Å²) in [5.74, 6) is 1.14. The van der Waals surface area contributed by atoms with Gasteiger partial charge in [-0.3, -0.25) is 18.2 Å². The highest BCUT2D eigenvalue weighted by atomic mass is 32.3. The zero-order valence-electron chi connectivity index (χ0n) is 23.7. The molecule has 3 aromatic carbocycles. The number of benzene rings is 3. The Morgan fingerprint density at radius 3 is 2.51 bits per heavy atom. The van der Waals surface area contributed by atoms with Gasteiger partial charge in [0.05, 0.1) is 37.3 Å². The van der Waals surface area contributed by atoms with Gasteiger partial charge in [-0.05, 0) is 61.6 Å². The lowest BCUT2D eigenvalue weighted by atomic mass is 10.00. The number of ether oxygens (including phenoxy) is 2. The second kappa shape index (κ2) is 14.6. The van der Waals surface area contributed by atoms with Crippen LogP contribution in [-0.4, -0.2) is 64.8 Å². The van der Waals surface area contributed by atoms with Gasteiger partial charge in [-0.1, -0.05) is 42.5 Å². The maximum atomic E-state index is 13.6. The number of rotatable bonds is 13. The number of anilines is 1. The van der Waals surface area contributed by atoms with Crippen molar-refractivity contribution in [2.45, 2.75) is 44.9 Å². The molecule has 1 fully saturated rings. The van der Waals surface area contributed by atoms with Crippen molar-refractivity contribution in [1.29, 1.82) is 0 Å². The van der Waals surface area contributed by atoms with Crippen LogP contribution in [0.15, 0.2) is 72.8 Å². The minimum Gasteiger partial charge on any atom is -0.497 e. The monoisotopic (exact) mass is 583 g/mol. The van der Waals surface area contributed by atoms with Crippen molar-refractivity contribution in [3.05, 3.63) is 89.5 Å². The standard InChI is InChI=1S/C31H41N3O6S/c1-3-40-28-19-25(18-26(20-28)34-14-7-8-15-41(34,37)38)31(36)33-29(17-23-10-5-4-6-11-23)30(35)22-32-21-24-12-9-13-27(16-24)39-2/h4-6,9-13,16,18-20,29-30,32,35,37-38H,3,7-8,14-15,17,21-22H2,1-2H3,(H,33,36). The van der Waals surface area contributed by atoms with Crippen LogP contribution in [0.2, 0.25) is 0 Å². The van der Waals surface area contributed by atoms with E-state index in [4.69, 9.17) is 9.47 Å². The van der Waals surface area contributed by atoms with Gasteiger partial charge in [0.25, 0.3) is 5.91 Å². The third-order valence-corrected chi connectivity index (χ3v) is 8.97. The first-order valence-corrected chi connectivity index (χ1v) is 15.6. The van der Waals surface area contributed by atoms with Gasteiger partial charge in [-0.15, -0.1) is 10.8 Å². The number of aliphatic hydroxyl groups excluding tert-OH is 1. The summed E-state index contributed by atoms with van der Waals surface area (Å²) in [6.07, 6.45) is 1.11. The van der Waals surface area contributed by atoms with Crippen LogP contribution in [0.4, 0.5) is 5.69 Å². The van der Waals surface area contributed by atoms with E-state index in [0.717, 1.165) is 29.7 Å². The molecule has 4 rings (SSSR count). The Bertz CT molecular complexity index is 1280. The smallest absolute Gasteiger partial charge is 0.251 e. The van der Waals surface area contributed by atoms with Crippen molar-refractivity contribution in [1.82, 2.24) is 10.6 Å². The summed E-state index contributed by atoms with van der Waals surface area (Å²) in [5.41, 5.74) is 2.85. The minimum atomic E-state index is -2.98. The van der Waals surface area contributed by atoms with E-state index in [9.17, 15) is 19.0 Å². The summed E-state index contributed by atoms with van der Waals surface area (Å²) in [5, 5.41) is 17.5. The molecule has 0 aromatic heterocycles. The maximum Gasteiger partial charge on any atom is 0.251 e. The molecule has 3 aromatic rings. The highest BCUT2D eigenvalue weighted by Crippen LogP contribution is 2.50. The molecule has 0 radical (unpaired) electrons. The van der Waals surface area contributed by atoms with Crippen molar-refractivity contribution in [2.24, 2.45) is 0 Å². The molecule has 10 heteroatoms. The van der Waals surface area contributed by atoms with Gasteiger partial charge >= 0.3 is 0 Å². The molecular formula is C31H41N3O6S. The van der Waals surface area contributed by atoms with E-state index in [1.165, 1.54) is 0 Å². The van der Waals surface area contributed by atoms with E-state index in [0.29, 0.717) is 48.9 Å². The molecule has 41 heavy (non-hydrogen) atoms. The molecule has 2 unspecified atom stereocenters. The van der Waals surface area contributed by atoms with Crippen LogP contribution < -0.4 is 24.4 Å². The van der Waals surface area contributed by atoms with Crippen molar-refractivity contribution in [3.63, 3.8) is 0 Å². The number of methoxy groups -OCH3 is 1. The van der Waals surface area contributed by atoms with Crippen molar-refractivity contribution >= 4 is 22.4 Å². The second-order valence-corrected chi connectivity index (χ2v) is 12.2. The number of aliphatic hydroxyl groups is 1. The first kappa shape index (κ1) is 30.7. The van der Waals surface area contributed by atoms with Gasteiger partial charge in [0.1, 0.15) is 11.5 Å². The summed E-state index contributed by atoms with van der Waals surface area (Å²) >= 11 is 0. The fraction of sp³-hybridized carbons (Fsp3) is 0.387. The number of nitrogens with zero attached hydrogens (tertiary/aromatic N) is 1. The van der Waals surface area contributed by atoms with Gasteiger partial charge in [-0.2, -0.15) is 0 Å². The molecule has 1 amide bonds. The largest absolute Gasteiger partial charge is 0.497 e. The molecule has 5 N–H and O–H groups in total. The van der Waals surface area contributed by atoms with Gasteiger partial charge in [0.2, 0.25) is 0 Å². The van der Waals surface area contributed by atoms with Gasteiger partial charge in [0, 0.05) is 31.3 Å². The van der Waals surface area contributed by atoms with Crippen LogP contribution in [0.25, 0.3) is 0 Å². The van der Waals surface area contributed by atoms with Gasteiger partial charge in [-0.25, -0.2) is 0 Å². The number of carbonyl (C=O) groups excluding carboxylic acids is 1. The summed E-state index contributed by atoms with van der Waals surface area (Å²) in [7, 11) is -1.35. The van der Waals surface area contributed by atoms with Crippen LogP contribution in [-0.2, 0) is 13.0 Å². The number of hydrogen-bond acceptors (Lipinski definition) is 8. The van der Waals surface area contributed by atoms with Crippen molar-refractivity contribution in [2.75, 3.05) is 36.9 Å². The molecule has 0 spiro atoms. The Hall–Kier alpha value is -3.28. The first-order valence-electron chi connectivity index (χ1n) is 14.0. The Morgan fingerprint density at radius 1 is 1.00 bits per heavy atom. The molecule has 222 valence electrons. The summed E-state index contributed by atoms with van der Waals surface area (Å²) < 4.78 is 34.0. The molecule has 9 nitrogen and oxygen atoms in total. The number of nitrogens with one attached hydrogen (secondary N) is 2. The maximum absolute atomic E-state index is 13.6. The highest BCUT2D eigenvalue weighted by Gasteiger charge is 2.29. The minimum absolute atomic E-state index is 0.258. The van der Waals surface area contributed by atoms with Gasteiger partial charge < -0.3 is 25.2 Å². The SMILES string of the molecule is CCOc1cc(C(=O)NC(Cc2ccccc2)C(O)CNCc2cccc(OC)c2)cc(N2CCCCS2(O)O)c1. The summed E-state index contributed by atoms with van der Waals surface area (Å²) in [6.45, 7) is 3.52. The van der Waals surface area contributed by atoms with Crippen LogP contribution in [0.1, 0.15) is 41.3 Å². The Balaban J connectivity index is 1.52. The van der Waals surface area contributed by atoms with Crippen molar-refractivity contribution < 1.29 is 28.5 Å². The second-order valence-electron chi connectivity index (χ2n) is 10.1. The van der Waals surface area contributed by atoms with Crippen LogP contribution in [0, 0.1) is 0 Å². The van der Waals surface area contributed by atoms with Crippen molar-refractivity contribution in [3.8, 4) is 11.5 Å². The lowest BCUT2D eigenvalue weighted by molar-refractivity contribution is 0.0829. The lowest BCUT2D eigenvalue weighted by Crippen LogP contribution is -2.48. The van der Waals surface area contributed by atoms with E-state index < -0.39 is 22.9 Å². The predicted octanol–water partition coefficient (Wildman–Crippen LogP) is 4.85. The number of hydrogen-bond donors (Lipinski definition) is 5. The summed E-state index contributed by atoms with van der Waals surface area (Å²) in [6, 6.07) is 21.9. The third-order valence-electron chi connectivity index (χ3n) is 7.03. The van der Waals surface area contributed by atoms with Crippen LogP contribution >= 0.6 is 10.8 Å². The normalized spacial score (nSPS) is 16.9. The van der Waals surface area contributed by atoms with E-state index in [-0.39, 0.29) is 12.5 Å². The van der Waals surface area contributed by atoms with E-state index in [1.807, 2.05) is 61.5 Å². The fourth-order valence-corrected chi connectivity index (χ4v) is 6.58. The van der Waals surface area contributed by atoms with Crippen LogP contribution in [0.3, 0.4) is 0 Å². The molecular weight excluding hydrogens is 542 g/mol. The zero-order valence-corrected chi connectivity index (χ0v) is 24.5. The van der Waals surface area contributed by atoms with Gasteiger partial charge in [0.15, 0.2) is 0 Å². The average Bonchev–Trinajstić information content (AvgIpc) is 2.97. The summed E-state index contributed by atoms with van der Waals surface area (Å²) in [4.78, 5) is 13.6. The highest BCUT2D eigenvalue weighted by molar-refractivity contribution is 8.25. The Labute approximate surface area is 244 Å². The molecule has 1 aliphatic rings. The molecule has 2 atom stereocenters. The molecule has 1 heterocycles. The average molecular weight is 584 g/mol. The third kappa shape index (κ3) is 8.61. The van der Waals surface area contributed by atoms with E-state index in [1.54, 1.807) is 29.6 Å². The predicted molar refractivity (Wildman–Crippen MR) is 164 cm³/mol. The molecule has 1 aliphatic heterocycles. The molecule has 0 aliphatic carbocycles. The Kier molecular flexibility index (Phi) is 10.9. The number of amides is 1. The first-order chi connectivity index (χ1) is 19.8. The molecule has 1 saturated heterocycles. The molecule has 0 bridgehead atoms.